The van der Waals surface area contributed by atoms with Gasteiger partial charge in [0.15, 0.2) is 0 Å². The fourth-order valence-electron chi connectivity index (χ4n) is 3.41. The first-order valence-electron chi connectivity index (χ1n) is 9.27. The third kappa shape index (κ3) is 3.43. The zero-order valence-electron chi connectivity index (χ0n) is 15.3. The molecule has 1 amide bonds. The highest BCUT2D eigenvalue weighted by Gasteiger charge is 2.23. The number of hydrogen-bond acceptors (Lipinski definition) is 4. The van der Waals surface area contributed by atoms with E-state index in [2.05, 4.69) is 16.8 Å². The van der Waals surface area contributed by atoms with Crippen LogP contribution in [0.5, 0.6) is 0 Å². The maximum absolute atomic E-state index is 12.7. The minimum atomic E-state index is -0.0925. The molecule has 2 aromatic heterocycles. The molecule has 1 aliphatic rings. The van der Waals surface area contributed by atoms with Crippen molar-refractivity contribution >= 4 is 17.4 Å². The topological polar surface area (TPSA) is 57.9 Å². The number of fused-ring (bicyclic) bond motifs is 1. The van der Waals surface area contributed by atoms with Gasteiger partial charge < -0.3 is 9.80 Å². The molecule has 1 aromatic carbocycles. The van der Waals surface area contributed by atoms with E-state index in [9.17, 15) is 9.59 Å². The number of anilines is 1. The summed E-state index contributed by atoms with van der Waals surface area (Å²) in [5, 5.41) is 0. The molecule has 0 spiro atoms. The molecule has 0 aliphatic carbocycles. The lowest BCUT2D eigenvalue weighted by molar-refractivity contribution is 0.0746. The highest BCUT2D eigenvalue weighted by atomic mass is 16.2. The molecule has 0 N–H and O–H groups in total. The van der Waals surface area contributed by atoms with Gasteiger partial charge in [-0.15, -0.1) is 0 Å². The Balaban J connectivity index is 1.47. The van der Waals surface area contributed by atoms with Crippen LogP contribution >= 0.6 is 0 Å². The predicted molar refractivity (Wildman–Crippen MR) is 105 cm³/mol. The molecule has 4 rings (SSSR count). The summed E-state index contributed by atoms with van der Waals surface area (Å²) < 4.78 is 1.53. The van der Waals surface area contributed by atoms with Crippen molar-refractivity contribution in [3.63, 3.8) is 0 Å². The van der Waals surface area contributed by atoms with Crippen LogP contribution in [0.2, 0.25) is 0 Å². The van der Waals surface area contributed by atoms with Crippen LogP contribution in [-0.2, 0) is 6.42 Å². The van der Waals surface area contributed by atoms with Crippen LogP contribution < -0.4 is 10.5 Å². The molecule has 0 atom stereocenters. The predicted octanol–water partition coefficient (Wildman–Crippen LogP) is 2.22. The van der Waals surface area contributed by atoms with Gasteiger partial charge in [0.2, 0.25) is 0 Å². The van der Waals surface area contributed by atoms with Crippen LogP contribution in [0, 0.1) is 0 Å². The maximum atomic E-state index is 12.7. The van der Waals surface area contributed by atoms with Gasteiger partial charge in [-0.3, -0.25) is 14.0 Å². The van der Waals surface area contributed by atoms with Crippen LogP contribution in [0.4, 0.5) is 5.82 Å². The van der Waals surface area contributed by atoms with E-state index >= 15 is 0 Å². The summed E-state index contributed by atoms with van der Waals surface area (Å²) in [7, 11) is 0. The summed E-state index contributed by atoms with van der Waals surface area (Å²) in [5.41, 5.74) is 2.49. The molecule has 6 heteroatoms. The lowest BCUT2D eigenvalue weighted by Gasteiger charge is -2.35. The Bertz CT molecular complexity index is 1020. The Hall–Kier alpha value is -3.15. The summed E-state index contributed by atoms with van der Waals surface area (Å²) in [5.74, 6) is 0.731. The number of pyridine rings is 1. The first-order chi connectivity index (χ1) is 13.2. The lowest BCUT2D eigenvalue weighted by Crippen LogP contribution is -2.49. The summed E-state index contributed by atoms with van der Waals surface area (Å²) in [6.07, 6.45) is 2.68. The number of aromatic nitrogens is 2. The van der Waals surface area contributed by atoms with E-state index in [1.165, 1.54) is 9.96 Å². The molecule has 3 heterocycles. The molecule has 0 saturated carbocycles. The second-order valence-electron chi connectivity index (χ2n) is 6.71. The summed E-state index contributed by atoms with van der Waals surface area (Å²) in [6, 6.07) is 14.9. The standard InChI is InChI=1S/C21H22N4O2/c1-2-16-6-8-17(9-7-16)21(27)24-13-11-23(12-14-24)19-15-20(26)25-10-4-3-5-18(25)22-19/h3-10,15H,2,11-14H2,1H3. The molecule has 138 valence electrons. The van der Waals surface area contributed by atoms with Crippen molar-refractivity contribution in [2.45, 2.75) is 13.3 Å². The van der Waals surface area contributed by atoms with E-state index in [0.29, 0.717) is 37.6 Å². The number of carbonyl (C=O) groups is 1. The van der Waals surface area contributed by atoms with Gasteiger partial charge in [-0.25, -0.2) is 4.98 Å². The van der Waals surface area contributed by atoms with Gasteiger partial charge in [0, 0.05) is 44.0 Å². The van der Waals surface area contributed by atoms with Crippen LogP contribution in [0.15, 0.2) is 59.5 Å². The molecule has 1 saturated heterocycles. The first kappa shape index (κ1) is 17.3. The van der Waals surface area contributed by atoms with Gasteiger partial charge in [-0.2, -0.15) is 0 Å². The van der Waals surface area contributed by atoms with Crippen molar-refractivity contribution in [3.8, 4) is 0 Å². The summed E-state index contributed by atoms with van der Waals surface area (Å²) >= 11 is 0. The molecule has 27 heavy (non-hydrogen) atoms. The van der Waals surface area contributed by atoms with Gasteiger partial charge >= 0.3 is 0 Å². The van der Waals surface area contributed by atoms with E-state index in [1.54, 1.807) is 12.3 Å². The minimum absolute atomic E-state index is 0.0591. The zero-order chi connectivity index (χ0) is 18.8. The molecular formula is C21H22N4O2. The fourth-order valence-corrected chi connectivity index (χ4v) is 3.41. The van der Waals surface area contributed by atoms with Crippen molar-refractivity contribution in [2.75, 3.05) is 31.1 Å². The highest BCUT2D eigenvalue weighted by Crippen LogP contribution is 2.15. The average Bonchev–Trinajstić information content (AvgIpc) is 2.73. The molecule has 1 aliphatic heterocycles. The number of amides is 1. The Morgan fingerprint density at radius 3 is 2.48 bits per heavy atom. The first-order valence-corrected chi connectivity index (χ1v) is 9.27. The van der Waals surface area contributed by atoms with E-state index < -0.39 is 0 Å². The Kier molecular flexibility index (Phi) is 4.62. The number of benzene rings is 1. The summed E-state index contributed by atoms with van der Waals surface area (Å²) in [6.45, 7) is 4.65. The number of nitrogens with zero attached hydrogens (tertiary/aromatic N) is 4. The molecule has 0 radical (unpaired) electrons. The molecule has 0 unspecified atom stereocenters. The van der Waals surface area contributed by atoms with Crippen molar-refractivity contribution in [1.82, 2.24) is 14.3 Å². The van der Waals surface area contributed by atoms with Crippen molar-refractivity contribution in [3.05, 3.63) is 76.2 Å². The number of aryl methyl sites for hydroxylation is 1. The third-order valence-electron chi connectivity index (χ3n) is 5.06. The second-order valence-corrected chi connectivity index (χ2v) is 6.71. The third-order valence-corrected chi connectivity index (χ3v) is 5.06. The number of rotatable bonds is 3. The Morgan fingerprint density at radius 1 is 1.04 bits per heavy atom. The van der Waals surface area contributed by atoms with Crippen LogP contribution in [0.3, 0.4) is 0 Å². The molecule has 1 fully saturated rings. The van der Waals surface area contributed by atoms with Gasteiger partial charge in [0.05, 0.1) is 0 Å². The summed E-state index contributed by atoms with van der Waals surface area (Å²) in [4.78, 5) is 33.5. The zero-order valence-corrected chi connectivity index (χ0v) is 15.3. The maximum Gasteiger partial charge on any atom is 0.259 e. The average molecular weight is 362 g/mol. The monoisotopic (exact) mass is 362 g/mol. The smallest absolute Gasteiger partial charge is 0.259 e. The van der Waals surface area contributed by atoms with E-state index in [-0.39, 0.29) is 11.5 Å². The molecule has 3 aromatic rings. The van der Waals surface area contributed by atoms with Gasteiger partial charge in [0.25, 0.3) is 11.5 Å². The molecule has 6 nitrogen and oxygen atoms in total. The van der Waals surface area contributed by atoms with Crippen molar-refractivity contribution < 1.29 is 4.79 Å². The van der Waals surface area contributed by atoms with Gasteiger partial charge in [-0.05, 0) is 36.2 Å². The normalized spacial score (nSPS) is 14.6. The van der Waals surface area contributed by atoms with E-state index in [1.807, 2.05) is 47.4 Å². The van der Waals surface area contributed by atoms with Crippen LogP contribution in [0.1, 0.15) is 22.8 Å². The SMILES string of the molecule is CCc1ccc(C(=O)N2CCN(c3cc(=O)n4ccccc4n3)CC2)cc1. The van der Waals surface area contributed by atoms with Gasteiger partial charge in [-0.1, -0.05) is 25.1 Å². The van der Waals surface area contributed by atoms with Crippen LogP contribution in [0.25, 0.3) is 5.65 Å². The lowest BCUT2D eigenvalue weighted by atomic mass is 10.1. The molecule has 0 bridgehead atoms. The highest BCUT2D eigenvalue weighted by molar-refractivity contribution is 5.94. The Morgan fingerprint density at radius 2 is 1.78 bits per heavy atom. The van der Waals surface area contributed by atoms with E-state index in [4.69, 9.17) is 0 Å². The van der Waals surface area contributed by atoms with Crippen LogP contribution in [-0.4, -0.2) is 46.4 Å². The minimum Gasteiger partial charge on any atom is -0.353 e. The van der Waals surface area contributed by atoms with Gasteiger partial charge in [0.1, 0.15) is 11.5 Å². The number of carbonyl (C=O) groups excluding carboxylic acids is 1. The second kappa shape index (κ2) is 7.23. The van der Waals surface area contributed by atoms with Crippen molar-refractivity contribution in [1.29, 1.82) is 0 Å². The largest absolute Gasteiger partial charge is 0.353 e. The molecular weight excluding hydrogens is 340 g/mol. The van der Waals surface area contributed by atoms with E-state index in [0.717, 1.165) is 12.0 Å². The van der Waals surface area contributed by atoms with Crippen molar-refractivity contribution in [2.24, 2.45) is 0 Å². The fraction of sp³-hybridized carbons (Fsp3) is 0.286. The Labute approximate surface area is 157 Å². The quantitative estimate of drug-likeness (QED) is 0.717. The number of hydrogen-bond donors (Lipinski definition) is 0. The number of piperazine rings is 1.